The van der Waals surface area contributed by atoms with Gasteiger partial charge in [-0.3, -0.25) is 4.79 Å². The Morgan fingerprint density at radius 1 is 1.30 bits per heavy atom. The number of benzene rings is 1. The van der Waals surface area contributed by atoms with Gasteiger partial charge in [-0.05, 0) is 43.7 Å². The van der Waals surface area contributed by atoms with E-state index in [1.807, 2.05) is 13.8 Å². The summed E-state index contributed by atoms with van der Waals surface area (Å²) in [4.78, 5) is 25.0. The maximum atomic E-state index is 12.2. The van der Waals surface area contributed by atoms with Gasteiger partial charge < -0.3 is 20.3 Å². The van der Waals surface area contributed by atoms with E-state index in [0.29, 0.717) is 18.0 Å². The number of hydrogen-bond acceptors (Lipinski definition) is 3. The summed E-state index contributed by atoms with van der Waals surface area (Å²) in [6.45, 7) is 7.95. The average Bonchev–Trinajstić information content (AvgIpc) is 2.53. The van der Waals surface area contributed by atoms with Crippen LogP contribution in [0.3, 0.4) is 0 Å². The molecule has 0 bridgehead atoms. The zero-order valence-electron chi connectivity index (χ0n) is 14.2. The third kappa shape index (κ3) is 6.42. The Bertz CT molecular complexity index is 555. The SMILES string of the molecule is C=C(C)COc1ccc(NC(=O)N(C)[C@H](C)CC(=O)NC)cc1. The zero-order valence-corrected chi connectivity index (χ0v) is 14.2. The minimum Gasteiger partial charge on any atom is -0.489 e. The van der Waals surface area contributed by atoms with Crippen molar-refractivity contribution in [2.24, 2.45) is 0 Å². The lowest BCUT2D eigenvalue weighted by Gasteiger charge is -2.24. The van der Waals surface area contributed by atoms with Gasteiger partial charge in [-0.25, -0.2) is 4.79 Å². The molecule has 1 atom stereocenters. The molecule has 0 saturated heterocycles. The first-order valence-electron chi connectivity index (χ1n) is 7.45. The Morgan fingerprint density at radius 3 is 2.43 bits per heavy atom. The van der Waals surface area contributed by atoms with Gasteiger partial charge >= 0.3 is 6.03 Å². The van der Waals surface area contributed by atoms with E-state index in [-0.39, 0.29) is 24.4 Å². The maximum Gasteiger partial charge on any atom is 0.321 e. The highest BCUT2D eigenvalue weighted by molar-refractivity contribution is 5.89. The van der Waals surface area contributed by atoms with Gasteiger partial charge in [0.05, 0.1) is 0 Å². The third-order valence-corrected chi connectivity index (χ3v) is 3.33. The van der Waals surface area contributed by atoms with Crippen LogP contribution >= 0.6 is 0 Å². The number of hydrogen-bond donors (Lipinski definition) is 2. The van der Waals surface area contributed by atoms with Gasteiger partial charge in [0.2, 0.25) is 5.91 Å². The highest BCUT2D eigenvalue weighted by Gasteiger charge is 2.18. The summed E-state index contributed by atoms with van der Waals surface area (Å²) in [5.74, 6) is 0.614. The van der Waals surface area contributed by atoms with Crippen LogP contribution in [0.2, 0.25) is 0 Å². The van der Waals surface area contributed by atoms with Crippen molar-refractivity contribution in [2.75, 3.05) is 26.0 Å². The van der Waals surface area contributed by atoms with Gasteiger partial charge in [-0.1, -0.05) is 6.58 Å². The standard InChI is InChI=1S/C17H25N3O3/c1-12(2)11-23-15-8-6-14(7-9-15)19-17(22)20(5)13(3)10-16(21)18-4/h6-9,13H,1,10-11H2,2-5H3,(H,18,21)(H,19,22)/t13-/m1/s1. The van der Waals surface area contributed by atoms with E-state index in [4.69, 9.17) is 4.74 Å². The molecule has 1 aromatic rings. The molecule has 0 saturated carbocycles. The normalized spacial score (nSPS) is 11.3. The Labute approximate surface area is 137 Å². The molecule has 0 aromatic heterocycles. The van der Waals surface area contributed by atoms with Gasteiger partial charge in [-0.15, -0.1) is 0 Å². The highest BCUT2D eigenvalue weighted by Crippen LogP contribution is 2.17. The van der Waals surface area contributed by atoms with Crippen molar-refractivity contribution in [2.45, 2.75) is 26.3 Å². The zero-order chi connectivity index (χ0) is 17.4. The largest absolute Gasteiger partial charge is 0.489 e. The molecule has 0 aliphatic rings. The van der Waals surface area contributed by atoms with Crippen molar-refractivity contribution in [3.05, 3.63) is 36.4 Å². The van der Waals surface area contributed by atoms with E-state index in [1.165, 1.54) is 4.90 Å². The minimum absolute atomic E-state index is 0.101. The molecule has 0 heterocycles. The van der Waals surface area contributed by atoms with Crippen molar-refractivity contribution in [1.82, 2.24) is 10.2 Å². The molecule has 0 spiro atoms. The van der Waals surface area contributed by atoms with Crippen LogP contribution in [-0.2, 0) is 4.79 Å². The fourth-order valence-corrected chi connectivity index (χ4v) is 1.76. The second-order valence-electron chi connectivity index (χ2n) is 5.54. The number of amides is 3. The van der Waals surface area contributed by atoms with E-state index in [2.05, 4.69) is 17.2 Å². The Kier molecular flexibility index (Phi) is 7.12. The van der Waals surface area contributed by atoms with Gasteiger partial charge in [-0.2, -0.15) is 0 Å². The van der Waals surface area contributed by atoms with Crippen LogP contribution in [0.4, 0.5) is 10.5 Å². The van der Waals surface area contributed by atoms with Gasteiger partial charge in [0.15, 0.2) is 0 Å². The van der Waals surface area contributed by atoms with Crippen LogP contribution in [0, 0.1) is 0 Å². The Balaban J connectivity index is 2.56. The van der Waals surface area contributed by atoms with E-state index in [9.17, 15) is 9.59 Å². The summed E-state index contributed by atoms with van der Waals surface area (Å²) in [6.07, 6.45) is 0.258. The summed E-state index contributed by atoms with van der Waals surface area (Å²) < 4.78 is 5.50. The monoisotopic (exact) mass is 319 g/mol. The van der Waals surface area contributed by atoms with Crippen molar-refractivity contribution in [3.8, 4) is 5.75 Å². The molecule has 0 aliphatic heterocycles. The molecular weight excluding hydrogens is 294 g/mol. The maximum absolute atomic E-state index is 12.2. The van der Waals surface area contributed by atoms with Gasteiger partial charge in [0.1, 0.15) is 12.4 Å². The summed E-state index contributed by atoms with van der Waals surface area (Å²) >= 11 is 0. The molecule has 6 heteroatoms. The number of carbonyl (C=O) groups excluding carboxylic acids is 2. The van der Waals surface area contributed by atoms with Crippen LogP contribution in [0.1, 0.15) is 20.3 Å². The van der Waals surface area contributed by atoms with E-state index < -0.39 is 0 Å². The van der Waals surface area contributed by atoms with E-state index in [1.54, 1.807) is 38.4 Å². The number of anilines is 1. The van der Waals surface area contributed by atoms with Crippen molar-refractivity contribution >= 4 is 17.6 Å². The average molecular weight is 319 g/mol. The smallest absolute Gasteiger partial charge is 0.321 e. The molecule has 2 N–H and O–H groups in total. The molecule has 23 heavy (non-hydrogen) atoms. The fourth-order valence-electron chi connectivity index (χ4n) is 1.76. The Morgan fingerprint density at radius 2 is 1.91 bits per heavy atom. The molecule has 0 fully saturated rings. The summed E-state index contributed by atoms with van der Waals surface area (Å²) in [6, 6.07) is 6.63. The highest BCUT2D eigenvalue weighted by atomic mass is 16.5. The lowest BCUT2D eigenvalue weighted by Crippen LogP contribution is -2.40. The molecular formula is C17H25N3O3. The molecule has 0 aliphatic carbocycles. The van der Waals surface area contributed by atoms with Crippen LogP contribution in [0.5, 0.6) is 5.75 Å². The van der Waals surface area contributed by atoms with E-state index in [0.717, 1.165) is 5.57 Å². The summed E-state index contributed by atoms with van der Waals surface area (Å²) in [5.41, 5.74) is 1.60. The number of carbonyl (C=O) groups is 2. The van der Waals surface area contributed by atoms with Crippen LogP contribution in [0.25, 0.3) is 0 Å². The molecule has 6 nitrogen and oxygen atoms in total. The predicted octanol–water partition coefficient (Wildman–Crippen LogP) is 2.63. The quantitative estimate of drug-likeness (QED) is 0.759. The molecule has 3 amide bonds. The minimum atomic E-state index is -0.267. The van der Waals surface area contributed by atoms with Gasteiger partial charge in [0, 0.05) is 32.2 Å². The number of urea groups is 1. The first-order valence-corrected chi connectivity index (χ1v) is 7.45. The lowest BCUT2D eigenvalue weighted by atomic mass is 10.2. The molecule has 1 aromatic carbocycles. The third-order valence-electron chi connectivity index (χ3n) is 3.33. The van der Waals surface area contributed by atoms with Crippen LogP contribution in [0.15, 0.2) is 36.4 Å². The molecule has 126 valence electrons. The number of ether oxygens (including phenoxy) is 1. The van der Waals surface area contributed by atoms with Gasteiger partial charge in [0.25, 0.3) is 0 Å². The predicted molar refractivity (Wildman–Crippen MR) is 91.7 cm³/mol. The first kappa shape index (κ1) is 18.5. The number of nitrogens with one attached hydrogen (secondary N) is 2. The molecule has 0 unspecified atom stereocenters. The lowest BCUT2D eigenvalue weighted by molar-refractivity contribution is -0.121. The Hall–Kier alpha value is -2.50. The van der Waals surface area contributed by atoms with E-state index >= 15 is 0 Å². The van der Waals surface area contributed by atoms with Crippen molar-refractivity contribution < 1.29 is 14.3 Å². The van der Waals surface area contributed by atoms with Crippen LogP contribution < -0.4 is 15.4 Å². The van der Waals surface area contributed by atoms with Crippen LogP contribution in [-0.4, -0.2) is 43.6 Å². The number of rotatable bonds is 7. The first-order chi connectivity index (χ1) is 10.8. The summed E-state index contributed by atoms with van der Waals surface area (Å²) in [7, 11) is 3.24. The van der Waals surface area contributed by atoms with Crippen molar-refractivity contribution in [3.63, 3.8) is 0 Å². The molecule has 0 radical (unpaired) electrons. The fraction of sp³-hybridized carbons (Fsp3) is 0.412. The van der Waals surface area contributed by atoms with Crippen molar-refractivity contribution in [1.29, 1.82) is 0 Å². The topological polar surface area (TPSA) is 70.7 Å². The second kappa shape index (κ2) is 8.82. The molecule has 1 rings (SSSR count). The number of nitrogens with zero attached hydrogens (tertiary/aromatic N) is 1. The summed E-state index contributed by atoms with van der Waals surface area (Å²) in [5, 5.41) is 5.34. The second-order valence-corrected chi connectivity index (χ2v) is 5.54.